The number of thioether (sulfide) groups is 1. The second-order valence-corrected chi connectivity index (χ2v) is 9.39. The highest BCUT2D eigenvalue weighted by atomic mass is 35.5. The van der Waals surface area contributed by atoms with Gasteiger partial charge in [0, 0.05) is 27.9 Å². The Morgan fingerprint density at radius 2 is 2.06 bits per heavy atom. The molecule has 8 nitrogen and oxygen atoms in total. The van der Waals surface area contributed by atoms with E-state index in [4.69, 9.17) is 20.8 Å². The van der Waals surface area contributed by atoms with Crippen LogP contribution in [-0.2, 0) is 18.9 Å². The van der Waals surface area contributed by atoms with Crippen LogP contribution >= 0.6 is 34.7 Å². The van der Waals surface area contributed by atoms with E-state index in [0.717, 1.165) is 11.5 Å². The molecule has 0 aliphatic carbocycles. The number of hydrogen-bond acceptors (Lipinski definition) is 8. The van der Waals surface area contributed by atoms with Gasteiger partial charge in [-0.25, -0.2) is 4.98 Å². The van der Waals surface area contributed by atoms with Crippen molar-refractivity contribution in [2.45, 2.75) is 31.0 Å². The maximum absolute atomic E-state index is 12.5. The highest BCUT2D eigenvalue weighted by Gasteiger charge is 2.16. The van der Waals surface area contributed by atoms with Crippen molar-refractivity contribution in [1.29, 1.82) is 0 Å². The summed E-state index contributed by atoms with van der Waals surface area (Å²) in [4.78, 5) is 17.8. The molecule has 168 valence electrons. The van der Waals surface area contributed by atoms with Crippen LogP contribution in [0, 0.1) is 6.92 Å². The van der Waals surface area contributed by atoms with Crippen molar-refractivity contribution in [3.05, 3.63) is 92.5 Å². The van der Waals surface area contributed by atoms with Crippen LogP contribution < -0.4 is 10.3 Å². The van der Waals surface area contributed by atoms with Crippen molar-refractivity contribution in [2.75, 3.05) is 0 Å². The van der Waals surface area contributed by atoms with Gasteiger partial charge in [0.15, 0.2) is 15.9 Å². The molecule has 5 aromatic rings. The van der Waals surface area contributed by atoms with Gasteiger partial charge in [0.05, 0.1) is 18.5 Å². The number of benzene rings is 1. The second-order valence-electron chi connectivity index (χ2n) is 7.18. The smallest absolute Gasteiger partial charge is 0.258 e. The molecule has 0 saturated carbocycles. The summed E-state index contributed by atoms with van der Waals surface area (Å²) in [6, 6.07) is 12.5. The van der Waals surface area contributed by atoms with E-state index in [1.54, 1.807) is 41.0 Å². The molecule has 5 rings (SSSR count). The maximum atomic E-state index is 12.5. The molecule has 0 spiro atoms. The van der Waals surface area contributed by atoms with Crippen molar-refractivity contribution in [3.8, 4) is 5.75 Å². The van der Waals surface area contributed by atoms with Gasteiger partial charge in [-0.3, -0.25) is 13.8 Å². The summed E-state index contributed by atoms with van der Waals surface area (Å²) in [5, 5.41) is 11.9. The average molecular weight is 500 g/mol. The van der Waals surface area contributed by atoms with Gasteiger partial charge in [0.2, 0.25) is 0 Å². The zero-order valence-corrected chi connectivity index (χ0v) is 19.9. The van der Waals surface area contributed by atoms with E-state index in [1.807, 2.05) is 29.0 Å². The van der Waals surface area contributed by atoms with Crippen LogP contribution in [0.5, 0.6) is 5.75 Å². The van der Waals surface area contributed by atoms with Crippen molar-refractivity contribution < 1.29 is 9.15 Å². The predicted octanol–water partition coefficient (Wildman–Crippen LogP) is 4.82. The highest BCUT2D eigenvalue weighted by molar-refractivity contribution is 7.98. The molecule has 0 bridgehead atoms. The monoisotopic (exact) mass is 499 g/mol. The molecule has 0 aliphatic rings. The molecule has 0 fully saturated rings. The molecule has 4 heterocycles. The van der Waals surface area contributed by atoms with Gasteiger partial charge < -0.3 is 9.15 Å². The molecule has 1 aromatic carbocycles. The zero-order valence-electron chi connectivity index (χ0n) is 17.5. The number of rotatable bonds is 8. The second kappa shape index (κ2) is 9.42. The average Bonchev–Trinajstić information content (AvgIpc) is 3.54. The third-order valence-electron chi connectivity index (χ3n) is 4.85. The Labute approximate surface area is 201 Å². The molecule has 0 amide bonds. The van der Waals surface area contributed by atoms with E-state index in [9.17, 15) is 4.79 Å². The van der Waals surface area contributed by atoms with Crippen molar-refractivity contribution >= 4 is 39.7 Å². The lowest BCUT2D eigenvalue weighted by Crippen LogP contribution is -2.14. The van der Waals surface area contributed by atoms with E-state index >= 15 is 0 Å². The maximum Gasteiger partial charge on any atom is 0.258 e. The summed E-state index contributed by atoms with van der Waals surface area (Å²) in [5.74, 6) is 2.60. The molecular formula is C22H18ClN5O3S2. The lowest BCUT2D eigenvalue weighted by molar-refractivity contribution is 0.287. The van der Waals surface area contributed by atoms with Gasteiger partial charge in [-0.05, 0) is 43.3 Å². The molecule has 0 unspecified atom stereocenters. The number of thiazole rings is 1. The van der Waals surface area contributed by atoms with Gasteiger partial charge in [-0.2, -0.15) is 0 Å². The molecule has 0 N–H and O–H groups in total. The van der Waals surface area contributed by atoms with E-state index in [0.29, 0.717) is 44.7 Å². The Kier molecular flexibility index (Phi) is 6.21. The summed E-state index contributed by atoms with van der Waals surface area (Å²) in [7, 11) is 0. The normalized spacial score (nSPS) is 11.3. The van der Waals surface area contributed by atoms with Crippen LogP contribution in [-0.4, -0.2) is 24.1 Å². The molecular weight excluding hydrogens is 482 g/mol. The zero-order chi connectivity index (χ0) is 22.8. The molecule has 4 aromatic heterocycles. The number of ether oxygens (including phenoxy) is 1. The van der Waals surface area contributed by atoms with Gasteiger partial charge in [-0.1, -0.05) is 23.4 Å². The third kappa shape index (κ3) is 4.82. The van der Waals surface area contributed by atoms with E-state index in [-0.39, 0.29) is 12.2 Å². The fourth-order valence-corrected chi connectivity index (χ4v) is 5.11. The van der Waals surface area contributed by atoms with Gasteiger partial charge >= 0.3 is 0 Å². The van der Waals surface area contributed by atoms with Crippen molar-refractivity contribution in [3.63, 3.8) is 0 Å². The topological polar surface area (TPSA) is 87.4 Å². The van der Waals surface area contributed by atoms with Crippen LogP contribution in [0.2, 0.25) is 5.02 Å². The summed E-state index contributed by atoms with van der Waals surface area (Å²) in [6.45, 7) is 2.59. The Morgan fingerprint density at radius 3 is 2.85 bits per heavy atom. The number of fused-ring (bicyclic) bond motifs is 1. The first-order valence-electron chi connectivity index (χ1n) is 9.99. The van der Waals surface area contributed by atoms with Crippen LogP contribution in [0.25, 0.3) is 4.96 Å². The highest BCUT2D eigenvalue weighted by Crippen LogP contribution is 2.24. The minimum absolute atomic E-state index is 0.0801. The SMILES string of the molecule is Cc1csc2nc(CSc3nnc(COc4ccc(Cl)cc4)n3Cc3ccco3)cc(=O)n12. The number of nitrogens with zero attached hydrogens (tertiary/aromatic N) is 5. The first-order valence-corrected chi connectivity index (χ1v) is 12.2. The molecule has 0 radical (unpaired) electrons. The van der Waals surface area contributed by atoms with Gasteiger partial charge in [0.25, 0.3) is 5.56 Å². The first-order chi connectivity index (χ1) is 16.1. The fourth-order valence-electron chi connectivity index (χ4n) is 3.24. The Hall–Kier alpha value is -3.08. The Morgan fingerprint density at radius 1 is 1.21 bits per heavy atom. The summed E-state index contributed by atoms with van der Waals surface area (Å²) in [6.07, 6.45) is 1.63. The van der Waals surface area contributed by atoms with E-state index < -0.39 is 0 Å². The number of aryl methyl sites for hydroxylation is 1. The van der Waals surface area contributed by atoms with E-state index in [2.05, 4.69) is 15.2 Å². The fraction of sp³-hybridized carbons (Fsp3) is 0.182. The van der Waals surface area contributed by atoms with Crippen LogP contribution in [0.1, 0.15) is 23.0 Å². The van der Waals surface area contributed by atoms with Gasteiger partial charge in [0.1, 0.15) is 18.1 Å². The van der Waals surface area contributed by atoms with Crippen LogP contribution in [0.3, 0.4) is 0 Å². The third-order valence-corrected chi connectivity index (χ3v) is 7.04. The number of furan rings is 1. The Bertz CT molecular complexity index is 1440. The lowest BCUT2D eigenvalue weighted by Gasteiger charge is -2.10. The number of hydrogen-bond donors (Lipinski definition) is 0. The molecule has 0 aliphatic heterocycles. The molecule has 11 heteroatoms. The first kappa shape index (κ1) is 21.7. The van der Waals surface area contributed by atoms with Crippen molar-refractivity contribution in [1.82, 2.24) is 24.1 Å². The number of aromatic nitrogens is 5. The predicted molar refractivity (Wildman–Crippen MR) is 127 cm³/mol. The molecule has 0 saturated heterocycles. The van der Waals surface area contributed by atoms with Gasteiger partial charge in [-0.15, -0.1) is 21.5 Å². The minimum Gasteiger partial charge on any atom is -0.486 e. The number of halogens is 1. The van der Waals surface area contributed by atoms with Crippen LogP contribution in [0.15, 0.2) is 68.5 Å². The summed E-state index contributed by atoms with van der Waals surface area (Å²) < 4.78 is 15.0. The van der Waals surface area contributed by atoms with E-state index in [1.165, 1.54) is 23.1 Å². The standard InChI is InChI=1S/C22H18ClN5O3S2/c1-14-12-32-21-24-16(9-20(29)28(14)21)13-33-22-26-25-19(27(22)10-18-3-2-8-30-18)11-31-17-6-4-15(23)5-7-17/h2-9,12H,10-11,13H2,1H3. The summed E-state index contributed by atoms with van der Waals surface area (Å²) >= 11 is 8.86. The minimum atomic E-state index is -0.0801. The summed E-state index contributed by atoms with van der Waals surface area (Å²) in [5.41, 5.74) is 1.50. The lowest BCUT2D eigenvalue weighted by atomic mass is 10.3. The quantitative estimate of drug-likeness (QED) is 0.283. The van der Waals surface area contributed by atoms with Crippen LogP contribution in [0.4, 0.5) is 0 Å². The molecule has 33 heavy (non-hydrogen) atoms. The van der Waals surface area contributed by atoms with Crippen molar-refractivity contribution in [2.24, 2.45) is 0 Å². The Balaban J connectivity index is 1.37. The largest absolute Gasteiger partial charge is 0.486 e. The molecule has 0 atom stereocenters.